The van der Waals surface area contributed by atoms with E-state index in [9.17, 15) is 4.79 Å². The Morgan fingerprint density at radius 2 is 1.94 bits per heavy atom. The molecular formula is C14H21ClN2O. The molecule has 0 atom stereocenters. The second-order valence-electron chi connectivity index (χ2n) is 4.81. The Morgan fingerprint density at radius 3 is 2.44 bits per heavy atom. The molecular weight excluding hydrogens is 248 g/mol. The molecule has 2 rings (SSSR count). The van der Waals surface area contributed by atoms with E-state index in [2.05, 4.69) is 24.4 Å². The molecule has 3 nitrogen and oxygen atoms in total. The van der Waals surface area contributed by atoms with Crippen molar-refractivity contribution in [1.29, 1.82) is 0 Å². The summed E-state index contributed by atoms with van der Waals surface area (Å²) < 4.78 is 0. The Kier molecular flexibility index (Phi) is 5.17. The molecule has 1 aliphatic rings. The summed E-state index contributed by atoms with van der Waals surface area (Å²) in [4.78, 5) is 11.9. The van der Waals surface area contributed by atoms with Crippen molar-refractivity contribution in [3.8, 4) is 0 Å². The number of carbonyl (C=O) groups is 1. The predicted molar refractivity (Wildman–Crippen MR) is 75.7 cm³/mol. The predicted octanol–water partition coefficient (Wildman–Crippen LogP) is 2.17. The smallest absolute Gasteiger partial charge is 0.240 e. The van der Waals surface area contributed by atoms with Crippen molar-refractivity contribution in [2.45, 2.75) is 44.7 Å². The van der Waals surface area contributed by atoms with Gasteiger partial charge in [0.25, 0.3) is 0 Å². The van der Waals surface area contributed by atoms with Crippen LogP contribution in [-0.4, -0.2) is 11.4 Å². The van der Waals surface area contributed by atoms with E-state index in [1.807, 2.05) is 12.1 Å². The number of rotatable bonds is 4. The number of aryl methyl sites for hydroxylation is 1. The molecule has 0 bridgehead atoms. The average molecular weight is 269 g/mol. The molecule has 0 spiro atoms. The third-order valence-electron chi connectivity index (χ3n) is 3.64. The lowest BCUT2D eigenvalue weighted by atomic mass is 9.77. The number of nitrogens with one attached hydrogen (secondary N) is 1. The molecule has 1 amide bonds. The molecule has 0 aromatic heterocycles. The summed E-state index contributed by atoms with van der Waals surface area (Å²) in [6, 6.07) is 8.19. The molecule has 1 aromatic carbocycles. The summed E-state index contributed by atoms with van der Waals surface area (Å²) in [7, 11) is 0. The Hall–Kier alpha value is -1.06. The normalized spacial score (nSPS) is 16.3. The maximum atomic E-state index is 11.9. The van der Waals surface area contributed by atoms with Crippen LogP contribution >= 0.6 is 12.4 Å². The molecule has 1 fully saturated rings. The van der Waals surface area contributed by atoms with Crippen LogP contribution in [0, 0.1) is 0 Å². The maximum absolute atomic E-state index is 11.9. The van der Waals surface area contributed by atoms with Gasteiger partial charge in [-0.25, -0.2) is 0 Å². The van der Waals surface area contributed by atoms with E-state index in [1.165, 1.54) is 11.1 Å². The van der Waals surface area contributed by atoms with Gasteiger partial charge in [-0.1, -0.05) is 31.2 Å². The van der Waals surface area contributed by atoms with Crippen LogP contribution in [0.1, 0.15) is 37.3 Å². The van der Waals surface area contributed by atoms with Gasteiger partial charge in [-0.2, -0.15) is 0 Å². The number of carbonyl (C=O) groups excluding carboxylic acids is 1. The van der Waals surface area contributed by atoms with E-state index in [1.54, 1.807) is 0 Å². The van der Waals surface area contributed by atoms with Crippen molar-refractivity contribution < 1.29 is 4.79 Å². The van der Waals surface area contributed by atoms with Crippen LogP contribution in [0.2, 0.25) is 0 Å². The van der Waals surface area contributed by atoms with Gasteiger partial charge in [0.2, 0.25) is 5.91 Å². The lowest BCUT2D eigenvalue weighted by Crippen LogP contribution is -2.58. The fourth-order valence-corrected chi connectivity index (χ4v) is 2.21. The van der Waals surface area contributed by atoms with Crippen molar-refractivity contribution >= 4 is 18.3 Å². The summed E-state index contributed by atoms with van der Waals surface area (Å²) in [6.45, 7) is 2.71. The number of amides is 1. The van der Waals surface area contributed by atoms with E-state index < -0.39 is 5.54 Å². The van der Waals surface area contributed by atoms with Crippen LogP contribution in [0.5, 0.6) is 0 Å². The summed E-state index contributed by atoms with van der Waals surface area (Å²) in [6.07, 6.45) is 3.68. The van der Waals surface area contributed by atoms with Crippen LogP contribution in [-0.2, 0) is 17.8 Å². The zero-order valence-electron chi connectivity index (χ0n) is 10.7. The highest BCUT2D eigenvalue weighted by atomic mass is 35.5. The Balaban J connectivity index is 0.00000162. The molecule has 0 heterocycles. The number of benzene rings is 1. The van der Waals surface area contributed by atoms with Crippen molar-refractivity contribution in [2.24, 2.45) is 5.73 Å². The molecule has 3 N–H and O–H groups in total. The van der Waals surface area contributed by atoms with Crippen molar-refractivity contribution in [2.75, 3.05) is 0 Å². The van der Waals surface area contributed by atoms with Crippen LogP contribution in [0.15, 0.2) is 24.3 Å². The molecule has 0 radical (unpaired) electrons. The highest BCUT2D eigenvalue weighted by molar-refractivity contribution is 5.87. The van der Waals surface area contributed by atoms with Gasteiger partial charge in [0.1, 0.15) is 0 Å². The third kappa shape index (κ3) is 3.03. The van der Waals surface area contributed by atoms with Crippen LogP contribution in [0.25, 0.3) is 0 Å². The largest absolute Gasteiger partial charge is 0.350 e. The van der Waals surface area contributed by atoms with E-state index in [0.717, 1.165) is 25.7 Å². The van der Waals surface area contributed by atoms with Gasteiger partial charge in [-0.3, -0.25) is 4.79 Å². The highest BCUT2D eigenvalue weighted by Gasteiger charge is 2.39. The second-order valence-corrected chi connectivity index (χ2v) is 4.81. The van der Waals surface area contributed by atoms with Crippen LogP contribution < -0.4 is 11.1 Å². The van der Waals surface area contributed by atoms with Crippen LogP contribution in [0.4, 0.5) is 0 Å². The summed E-state index contributed by atoms with van der Waals surface area (Å²) in [5.74, 6) is -0.00495. The molecule has 100 valence electrons. The van der Waals surface area contributed by atoms with Gasteiger partial charge in [-0.15, -0.1) is 12.4 Å². The van der Waals surface area contributed by atoms with E-state index >= 15 is 0 Å². The number of halogens is 1. The molecule has 0 unspecified atom stereocenters. The molecule has 1 aromatic rings. The first-order valence-corrected chi connectivity index (χ1v) is 6.30. The highest BCUT2D eigenvalue weighted by Crippen LogP contribution is 2.29. The monoisotopic (exact) mass is 268 g/mol. The van der Waals surface area contributed by atoms with Crippen molar-refractivity contribution in [3.05, 3.63) is 35.4 Å². The van der Waals surface area contributed by atoms with Gasteiger partial charge in [0, 0.05) is 6.54 Å². The minimum atomic E-state index is -0.596. The maximum Gasteiger partial charge on any atom is 0.240 e. The minimum Gasteiger partial charge on any atom is -0.350 e. The van der Waals surface area contributed by atoms with Gasteiger partial charge in [-0.05, 0) is 36.8 Å². The second kappa shape index (κ2) is 6.21. The minimum absolute atomic E-state index is 0. The van der Waals surface area contributed by atoms with Gasteiger partial charge in [0.05, 0.1) is 5.54 Å². The molecule has 18 heavy (non-hydrogen) atoms. The number of nitrogens with two attached hydrogens (primary N) is 1. The SMILES string of the molecule is CCc1ccccc1CNC(=O)C1(N)CCC1.Cl. The summed E-state index contributed by atoms with van der Waals surface area (Å²) >= 11 is 0. The van der Waals surface area contributed by atoms with Crippen LogP contribution in [0.3, 0.4) is 0 Å². The Bertz CT molecular complexity index is 416. The zero-order valence-corrected chi connectivity index (χ0v) is 11.6. The molecule has 0 saturated heterocycles. The molecule has 0 aliphatic heterocycles. The lowest BCUT2D eigenvalue weighted by molar-refractivity contribution is -0.129. The Labute approximate surface area is 115 Å². The first-order chi connectivity index (χ1) is 8.15. The first-order valence-electron chi connectivity index (χ1n) is 6.30. The Morgan fingerprint density at radius 1 is 1.33 bits per heavy atom. The van der Waals surface area contributed by atoms with E-state index in [4.69, 9.17) is 5.73 Å². The molecule has 1 saturated carbocycles. The molecule has 1 aliphatic carbocycles. The first kappa shape index (κ1) is 15.0. The van der Waals surface area contributed by atoms with E-state index in [0.29, 0.717) is 6.54 Å². The summed E-state index contributed by atoms with van der Waals surface area (Å²) in [5.41, 5.74) is 7.84. The van der Waals surface area contributed by atoms with Gasteiger partial charge < -0.3 is 11.1 Å². The zero-order chi connectivity index (χ0) is 12.3. The quantitative estimate of drug-likeness (QED) is 0.879. The fourth-order valence-electron chi connectivity index (χ4n) is 2.21. The average Bonchev–Trinajstić information content (AvgIpc) is 2.33. The summed E-state index contributed by atoms with van der Waals surface area (Å²) in [5, 5.41) is 2.95. The van der Waals surface area contributed by atoms with Crippen molar-refractivity contribution in [3.63, 3.8) is 0 Å². The standard InChI is InChI=1S/C14H20N2O.ClH/c1-2-11-6-3-4-7-12(11)10-16-13(17)14(15)8-5-9-14;/h3-4,6-7H,2,5,8-10,15H2,1H3,(H,16,17);1H. The fraction of sp³-hybridized carbons (Fsp3) is 0.500. The van der Waals surface area contributed by atoms with E-state index in [-0.39, 0.29) is 18.3 Å². The third-order valence-corrected chi connectivity index (χ3v) is 3.64. The lowest BCUT2D eigenvalue weighted by Gasteiger charge is -2.36. The number of hydrogen-bond donors (Lipinski definition) is 2. The van der Waals surface area contributed by atoms with Gasteiger partial charge >= 0.3 is 0 Å². The number of hydrogen-bond acceptors (Lipinski definition) is 2. The van der Waals surface area contributed by atoms with Gasteiger partial charge in [0.15, 0.2) is 0 Å². The van der Waals surface area contributed by atoms with Crippen molar-refractivity contribution in [1.82, 2.24) is 5.32 Å². The molecule has 4 heteroatoms. The topological polar surface area (TPSA) is 55.1 Å².